The van der Waals surface area contributed by atoms with E-state index < -0.39 is 18.2 Å². The standard InChI is InChI=1S/C11H11ClF3N3O2/c1-5-3-8(12)16-9-7(10(19)20)4-17(18(5)9)6(2)11(13,14)15/h3,6H,4H2,1-2H3,(H,19,20)/t6-/m1/s1. The number of allylic oxidation sites excluding steroid dienone is 2. The molecule has 2 aliphatic heterocycles. The highest BCUT2D eigenvalue weighted by atomic mass is 35.5. The number of hydrogen-bond acceptors (Lipinski definition) is 4. The topological polar surface area (TPSA) is 56.1 Å². The number of carboxylic acid groups (broad SMARTS) is 1. The van der Waals surface area contributed by atoms with Crippen LogP contribution in [0.3, 0.4) is 0 Å². The lowest BCUT2D eigenvalue weighted by Crippen LogP contribution is -2.49. The highest BCUT2D eigenvalue weighted by molar-refractivity contribution is 6.68. The molecule has 0 aromatic heterocycles. The number of aliphatic imine (C=N–C) groups is 1. The van der Waals surface area contributed by atoms with Crippen molar-refractivity contribution in [1.82, 2.24) is 10.0 Å². The first kappa shape index (κ1) is 14.9. The summed E-state index contributed by atoms with van der Waals surface area (Å²) in [5.74, 6) is -1.39. The van der Waals surface area contributed by atoms with E-state index in [0.29, 0.717) is 5.70 Å². The van der Waals surface area contributed by atoms with Crippen LogP contribution in [0.5, 0.6) is 0 Å². The molecule has 1 N–H and O–H groups in total. The van der Waals surface area contributed by atoms with E-state index in [1.54, 1.807) is 0 Å². The number of carbonyl (C=O) groups is 1. The molecule has 1 atom stereocenters. The van der Waals surface area contributed by atoms with Crippen molar-refractivity contribution < 1.29 is 23.1 Å². The summed E-state index contributed by atoms with van der Waals surface area (Å²) in [6, 6.07) is -1.84. The minimum Gasteiger partial charge on any atom is -0.478 e. The monoisotopic (exact) mass is 309 g/mol. The van der Waals surface area contributed by atoms with E-state index in [1.807, 2.05) is 0 Å². The fraction of sp³-hybridized carbons (Fsp3) is 0.455. The molecule has 0 saturated heterocycles. The Balaban J connectivity index is 2.45. The van der Waals surface area contributed by atoms with Crippen LogP contribution in [0.25, 0.3) is 0 Å². The zero-order valence-electron chi connectivity index (χ0n) is 10.6. The Morgan fingerprint density at radius 1 is 1.55 bits per heavy atom. The summed E-state index contributed by atoms with van der Waals surface area (Å²) in [7, 11) is 0. The largest absolute Gasteiger partial charge is 0.478 e. The lowest BCUT2D eigenvalue weighted by Gasteiger charge is -2.37. The van der Waals surface area contributed by atoms with Gasteiger partial charge >= 0.3 is 12.1 Å². The Bertz CT molecular complexity index is 554. The number of halogens is 4. The van der Waals surface area contributed by atoms with Crippen LogP contribution in [-0.4, -0.2) is 45.0 Å². The second-order valence-electron chi connectivity index (χ2n) is 4.45. The molecule has 5 nitrogen and oxygen atoms in total. The van der Waals surface area contributed by atoms with Gasteiger partial charge in [-0.1, -0.05) is 11.6 Å². The molecule has 20 heavy (non-hydrogen) atoms. The lowest BCUT2D eigenvalue weighted by atomic mass is 10.2. The average Bonchev–Trinajstić information content (AvgIpc) is 2.66. The second-order valence-corrected chi connectivity index (χ2v) is 4.84. The first-order chi connectivity index (χ1) is 9.12. The predicted octanol–water partition coefficient (Wildman–Crippen LogP) is 2.32. The zero-order chi connectivity index (χ0) is 15.2. The Kier molecular flexibility index (Phi) is 3.55. The molecule has 2 aliphatic rings. The van der Waals surface area contributed by atoms with Crippen LogP contribution in [0, 0.1) is 0 Å². The van der Waals surface area contributed by atoms with Crippen LogP contribution in [0.2, 0.25) is 0 Å². The summed E-state index contributed by atoms with van der Waals surface area (Å²) in [5, 5.41) is 11.2. The van der Waals surface area contributed by atoms with Crippen molar-refractivity contribution in [2.75, 3.05) is 6.54 Å². The SMILES string of the molecule is CC1=CC(Cl)=NC2=C(C(=O)O)CN([C@H](C)C(F)(F)F)N12. The minimum atomic E-state index is -4.48. The van der Waals surface area contributed by atoms with Crippen LogP contribution in [0.4, 0.5) is 13.2 Å². The summed E-state index contributed by atoms with van der Waals surface area (Å²) in [6.45, 7) is 2.12. The number of fused-ring (bicyclic) bond motifs is 1. The van der Waals surface area contributed by atoms with Gasteiger partial charge in [-0.15, -0.1) is 0 Å². The second kappa shape index (κ2) is 4.78. The van der Waals surface area contributed by atoms with E-state index in [1.165, 1.54) is 13.0 Å². The van der Waals surface area contributed by atoms with Crippen molar-refractivity contribution in [3.63, 3.8) is 0 Å². The molecule has 0 radical (unpaired) electrons. The quantitative estimate of drug-likeness (QED) is 0.850. The van der Waals surface area contributed by atoms with Crippen molar-refractivity contribution in [2.45, 2.75) is 26.1 Å². The third-order valence-electron chi connectivity index (χ3n) is 3.10. The summed E-state index contributed by atoms with van der Waals surface area (Å²) in [4.78, 5) is 15.0. The predicted molar refractivity (Wildman–Crippen MR) is 65.8 cm³/mol. The molecule has 0 spiro atoms. The number of nitrogens with zero attached hydrogens (tertiary/aromatic N) is 3. The van der Waals surface area contributed by atoms with Crippen molar-refractivity contribution in [3.05, 3.63) is 23.2 Å². The van der Waals surface area contributed by atoms with Crippen molar-refractivity contribution in [2.24, 2.45) is 4.99 Å². The number of carboxylic acids is 1. The maximum Gasteiger partial charge on any atom is 0.405 e. The average molecular weight is 310 g/mol. The maximum absolute atomic E-state index is 12.9. The smallest absolute Gasteiger partial charge is 0.405 e. The molecule has 110 valence electrons. The molecule has 0 fully saturated rings. The molecule has 0 bridgehead atoms. The third-order valence-corrected chi connectivity index (χ3v) is 3.29. The fourth-order valence-corrected chi connectivity index (χ4v) is 2.28. The molecule has 9 heteroatoms. The highest BCUT2D eigenvalue weighted by Crippen LogP contribution is 2.37. The number of rotatable bonds is 2. The summed E-state index contributed by atoms with van der Waals surface area (Å²) in [5.41, 5.74) is 0.166. The van der Waals surface area contributed by atoms with E-state index in [0.717, 1.165) is 16.9 Å². The molecule has 2 heterocycles. The van der Waals surface area contributed by atoms with Crippen molar-refractivity contribution >= 4 is 22.7 Å². The summed E-state index contributed by atoms with van der Waals surface area (Å²) >= 11 is 5.74. The third kappa shape index (κ3) is 2.40. The van der Waals surface area contributed by atoms with Gasteiger partial charge in [-0.05, 0) is 19.9 Å². The van der Waals surface area contributed by atoms with E-state index in [4.69, 9.17) is 16.7 Å². The van der Waals surface area contributed by atoms with Gasteiger partial charge in [-0.3, -0.25) is 5.01 Å². The fourth-order valence-electron chi connectivity index (χ4n) is 2.05. The highest BCUT2D eigenvalue weighted by Gasteiger charge is 2.48. The van der Waals surface area contributed by atoms with Crippen LogP contribution in [0.15, 0.2) is 28.2 Å². The first-order valence-corrected chi connectivity index (χ1v) is 6.03. The zero-order valence-corrected chi connectivity index (χ0v) is 11.3. The van der Waals surface area contributed by atoms with Gasteiger partial charge in [0.2, 0.25) is 0 Å². The first-order valence-electron chi connectivity index (χ1n) is 5.65. The van der Waals surface area contributed by atoms with Crippen LogP contribution < -0.4 is 0 Å². The van der Waals surface area contributed by atoms with Gasteiger partial charge in [0.15, 0.2) is 5.82 Å². The van der Waals surface area contributed by atoms with Crippen LogP contribution in [-0.2, 0) is 4.79 Å². The summed E-state index contributed by atoms with van der Waals surface area (Å²) in [6.07, 6.45) is -3.10. The molecule has 2 rings (SSSR count). The normalized spacial score (nSPS) is 21.6. The van der Waals surface area contributed by atoms with E-state index in [2.05, 4.69) is 4.99 Å². The lowest BCUT2D eigenvalue weighted by molar-refractivity contribution is -0.201. The molecule has 0 aliphatic carbocycles. The van der Waals surface area contributed by atoms with E-state index >= 15 is 0 Å². The van der Waals surface area contributed by atoms with Crippen LogP contribution >= 0.6 is 11.6 Å². The van der Waals surface area contributed by atoms with Gasteiger partial charge in [-0.25, -0.2) is 9.79 Å². The van der Waals surface area contributed by atoms with Gasteiger partial charge in [0, 0.05) is 5.70 Å². The minimum absolute atomic E-state index is 0.0361. The number of alkyl halides is 3. The number of aliphatic carboxylic acids is 1. The Morgan fingerprint density at radius 2 is 2.15 bits per heavy atom. The molecule has 0 aromatic carbocycles. The number of hydrogen-bond donors (Lipinski definition) is 1. The van der Waals surface area contributed by atoms with Gasteiger partial charge < -0.3 is 5.11 Å². The molecule has 0 amide bonds. The van der Waals surface area contributed by atoms with Crippen molar-refractivity contribution in [1.29, 1.82) is 0 Å². The molecule has 0 unspecified atom stereocenters. The molecular weight excluding hydrogens is 299 g/mol. The number of hydrazine groups is 1. The van der Waals surface area contributed by atoms with Crippen LogP contribution in [0.1, 0.15) is 13.8 Å². The molecular formula is C11H11ClF3N3O2. The Hall–Kier alpha value is -1.54. The molecule has 0 aromatic rings. The maximum atomic E-state index is 12.9. The molecule has 0 saturated carbocycles. The van der Waals surface area contributed by atoms with E-state index in [9.17, 15) is 18.0 Å². The van der Waals surface area contributed by atoms with E-state index in [-0.39, 0.29) is 23.1 Å². The summed E-state index contributed by atoms with van der Waals surface area (Å²) < 4.78 is 38.6. The van der Waals surface area contributed by atoms with Gasteiger partial charge in [0.05, 0.1) is 12.1 Å². The van der Waals surface area contributed by atoms with Gasteiger partial charge in [0.1, 0.15) is 11.2 Å². The Morgan fingerprint density at radius 3 is 2.65 bits per heavy atom. The van der Waals surface area contributed by atoms with Gasteiger partial charge in [0.25, 0.3) is 0 Å². The Labute approximate surface area is 117 Å². The van der Waals surface area contributed by atoms with Gasteiger partial charge in [-0.2, -0.15) is 18.2 Å². The van der Waals surface area contributed by atoms with Crippen molar-refractivity contribution in [3.8, 4) is 0 Å².